The second kappa shape index (κ2) is 4.54. The lowest BCUT2D eigenvalue weighted by Crippen LogP contribution is -2.33. The van der Waals surface area contributed by atoms with Gasteiger partial charge in [0.05, 0.1) is 12.2 Å². The Kier molecular flexibility index (Phi) is 2.90. The van der Waals surface area contributed by atoms with Gasteiger partial charge in [-0.25, -0.2) is 0 Å². The Labute approximate surface area is 108 Å². The molecule has 6 heteroatoms. The minimum Gasteiger partial charge on any atom is -0.315 e. The van der Waals surface area contributed by atoms with Crippen molar-refractivity contribution in [2.75, 3.05) is 6.54 Å². The van der Waals surface area contributed by atoms with Crippen LogP contribution in [-0.4, -0.2) is 31.2 Å². The Balaban J connectivity index is 1.69. The monoisotopic (exact) mass is 293 g/mol. The first-order valence-electron chi connectivity index (χ1n) is 5.51. The molecule has 0 fully saturated rings. The van der Waals surface area contributed by atoms with Gasteiger partial charge in [-0.15, -0.1) is 10.2 Å². The Hall–Kier alpha value is -1.27. The third-order valence-corrected chi connectivity index (χ3v) is 3.36. The molecule has 0 aromatic carbocycles. The van der Waals surface area contributed by atoms with Crippen LogP contribution in [0.15, 0.2) is 29.1 Å². The van der Waals surface area contributed by atoms with Crippen LogP contribution in [0, 0.1) is 0 Å². The molecule has 0 unspecified atom stereocenters. The molecular weight excluding hydrogens is 282 g/mol. The van der Waals surface area contributed by atoms with Crippen LogP contribution in [0.5, 0.6) is 0 Å². The van der Waals surface area contributed by atoms with E-state index in [-0.39, 0.29) is 0 Å². The normalized spacial score (nSPS) is 15.8. The first-order valence-corrected chi connectivity index (χ1v) is 6.30. The molecule has 0 N–H and O–H groups in total. The van der Waals surface area contributed by atoms with Crippen LogP contribution in [0.2, 0.25) is 0 Å². The van der Waals surface area contributed by atoms with Gasteiger partial charge >= 0.3 is 0 Å². The van der Waals surface area contributed by atoms with E-state index >= 15 is 0 Å². The highest BCUT2D eigenvalue weighted by atomic mass is 79.9. The fourth-order valence-corrected chi connectivity index (χ4v) is 2.21. The molecule has 5 nitrogen and oxygen atoms in total. The number of pyridine rings is 1. The van der Waals surface area contributed by atoms with E-state index in [4.69, 9.17) is 0 Å². The van der Waals surface area contributed by atoms with Crippen LogP contribution in [0.1, 0.15) is 11.5 Å². The number of hydrogen-bond donors (Lipinski definition) is 0. The summed E-state index contributed by atoms with van der Waals surface area (Å²) in [5.41, 5.74) is 1.08. The fourth-order valence-electron chi connectivity index (χ4n) is 1.98. The van der Waals surface area contributed by atoms with Gasteiger partial charge in [0.15, 0.2) is 0 Å². The van der Waals surface area contributed by atoms with Gasteiger partial charge in [-0.05, 0) is 28.1 Å². The van der Waals surface area contributed by atoms with E-state index in [2.05, 4.69) is 40.6 Å². The molecule has 17 heavy (non-hydrogen) atoms. The highest BCUT2D eigenvalue weighted by molar-refractivity contribution is 9.10. The lowest BCUT2D eigenvalue weighted by Gasteiger charge is -2.26. The topological polar surface area (TPSA) is 46.8 Å². The van der Waals surface area contributed by atoms with Gasteiger partial charge in [-0.3, -0.25) is 9.88 Å². The Morgan fingerprint density at radius 1 is 1.29 bits per heavy atom. The maximum atomic E-state index is 4.38. The van der Waals surface area contributed by atoms with Gasteiger partial charge < -0.3 is 4.57 Å². The lowest BCUT2D eigenvalue weighted by atomic mass is 10.3. The van der Waals surface area contributed by atoms with Crippen LogP contribution in [-0.2, 0) is 19.6 Å². The van der Waals surface area contributed by atoms with E-state index in [0.29, 0.717) is 0 Å². The van der Waals surface area contributed by atoms with Crippen LogP contribution >= 0.6 is 15.9 Å². The Morgan fingerprint density at radius 3 is 3.06 bits per heavy atom. The molecule has 0 radical (unpaired) electrons. The highest BCUT2D eigenvalue weighted by Gasteiger charge is 2.17. The molecule has 3 heterocycles. The zero-order valence-corrected chi connectivity index (χ0v) is 10.8. The first kappa shape index (κ1) is 10.9. The van der Waals surface area contributed by atoms with Gasteiger partial charge in [0, 0.05) is 30.3 Å². The average molecular weight is 294 g/mol. The number of halogens is 1. The summed E-state index contributed by atoms with van der Waals surface area (Å²) < 4.78 is 3.12. The smallest absolute Gasteiger partial charge is 0.147 e. The molecule has 88 valence electrons. The van der Waals surface area contributed by atoms with Gasteiger partial charge in [-0.1, -0.05) is 0 Å². The third kappa shape index (κ3) is 2.37. The average Bonchev–Trinajstić information content (AvgIpc) is 2.79. The van der Waals surface area contributed by atoms with Gasteiger partial charge in [0.1, 0.15) is 12.2 Å². The molecule has 2 aromatic rings. The van der Waals surface area contributed by atoms with Gasteiger partial charge in [0.2, 0.25) is 0 Å². The van der Waals surface area contributed by atoms with Crippen molar-refractivity contribution in [1.82, 2.24) is 24.6 Å². The summed E-state index contributed by atoms with van der Waals surface area (Å²) in [6.07, 6.45) is 3.63. The van der Waals surface area contributed by atoms with E-state index in [9.17, 15) is 0 Å². The summed E-state index contributed by atoms with van der Waals surface area (Å²) in [5.74, 6) is 1.04. The fraction of sp³-hybridized carbons (Fsp3) is 0.364. The molecule has 0 atom stereocenters. The molecule has 0 saturated heterocycles. The number of rotatable bonds is 2. The maximum absolute atomic E-state index is 4.38. The third-order valence-electron chi connectivity index (χ3n) is 2.89. The molecule has 0 bridgehead atoms. The summed E-state index contributed by atoms with van der Waals surface area (Å²) in [6, 6.07) is 4.07. The zero-order chi connectivity index (χ0) is 11.7. The standard InChI is InChI=1S/C11H12BrN5/c12-9-1-2-10(13-5-9)6-16-3-4-17-8-14-15-11(17)7-16/h1-2,5,8H,3-4,6-7H2. The van der Waals surface area contributed by atoms with Crippen molar-refractivity contribution in [3.05, 3.63) is 40.6 Å². The molecule has 0 amide bonds. The number of hydrogen-bond acceptors (Lipinski definition) is 4. The number of fused-ring (bicyclic) bond motifs is 1. The zero-order valence-electron chi connectivity index (χ0n) is 9.25. The van der Waals surface area contributed by atoms with Crippen molar-refractivity contribution < 1.29 is 0 Å². The van der Waals surface area contributed by atoms with Crippen LogP contribution in [0.4, 0.5) is 0 Å². The van der Waals surface area contributed by atoms with Crippen LogP contribution in [0.3, 0.4) is 0 Å². The van der Waals surface area contributed by atoms with E-state index in [1.165, 1.54) is 0 Å². The van der Waals surface area contributed by atoms with Gasteiger partial charge in [0.25, 0.3) is 0 Å². The van der Waals surface area contributed by atoms with Crippen molar-refractivity contribution in [2.24, 2.45) is 0 Å². The molecule has 1 aliphatic heterocycles. The summed E-state index contributed by atoms with van der Waals surface area (Å²) >= 11 is 3.39. The Morgan fingerprint density at radius 2 is 2.24 bits per heavy atom. The van der Waals surface area contributed by atoms with Crippen molar-refractivity contribution in [2.45, 2.75) is 19.6 Å². The van der Waals surface area contributed by atoms with Crippen molar-refractivity contribution >= 4 is 15.9 Å². The van der Waals surface area contributed by atoms with Crippen molar-refractivity contribution in [1.29, 1.82) is 0 Å². The van der Waals surface area contributed by atoms with E-state index in [1.54, 1.807) is 6.33 Å². The summed E-state index contributed by atoms with van der Waals surface area (Å²) in [4.78, 5) is 6.72. The second-order valence-corrected chi connectivity index (χ2v) is 5.03. The molecule has 0 saturated carbocycles. The lowest BCUT2D eigenvalue weighted by molar-refractivity contribution is 0.206. The second-order valence-electron chi connectivity index (χ2n) is 4.12. The SMILES string of the molecule is Brc1ccc(CN2CCn3cnnc3C2)nc1. The summed E-state index contributed by atoms with van der Waals surface area (Å²) in [7, 11) is 0. The van der Waals surface area contributed by atoms with Crippen molar-refractivity contribution in [3.8, 4) is 0 Å². The van der Waals surface area contributed by atoms with Crippen LogP contribution in [0.25, 0.3) is 0 Å². The maximum Gasteiger partial charge on any atom is 0.147 e. The quantitative estimate of drug-likeness (QED) is 0.841. The summed E-state index contributed by atoms with van der Waals surface area (Å²) in [5, 5.41) is 8.03. The molecule has 0 spiro atoms. The van der Waals surface area contributed by atoms with E-state index in [1.807, 2.05) is 18.3 Å². The predicted molar refractivity (Wildman–Crippen MR) is 66.1 cm³/mol. The molecular formula is C11H12BrN5. The molecule has 2 aromatic heterocycles. The van der Waals surface area contributed by atoms with Gasteiger partial charge in [-0.2, -0.15) is 0 Å². The Bertz CT molecular complexity index is 507. The van der Waals surface area contributed by atoms with Crippen molar-refractivity contribution in [3.63, 3.8) is 0 Å². The van der Waals surface area contributed by atoms with Crippen LogP contribution < -0.4 is 0 Å². The minimum absolute atomic E-state index is 0.845. The first-order chi connectivity index (χ1) is 8.31. The summed E-state index contributed by atoms with van der Waals surface area (Å²) in [6.45, 7) is 3.68. The predicted octanol–water partition coefficient (Wildman–Crippen LogP) is 1.45. The molecule has 3 rings (SSSR count). The number of nitrogens with zero attached hydrogens (tertiary/aromatic N) is 5. The highest BCUT2D eigenvalue weighted by Crippen LogP contribution is 2.13. The molecule has 0 aliphatic carbocycles. The van der Waals surface area contributed by atoms with E-state index < -0.39 is 0 Å². The largest absolute Gasteiger partial charge is 0.315 e. The van der Waals surface area contributed by atoms with E-state index in [0.717, 1.165) is 42.2 Å². The number of aromatic nitrogens is 4. The minimum atomic E-state index is 0.845. The molecule has 1 aliphatic rings.